The minimum absolute atomic E-state index is 0.00656. The van der Waals surface area contributed by atoms with E-state index in [4.69, 9.17) is 12.2 Å². The molecule has 0 atom stereocenters. The number of halogens is 3. The van der Waals surface area contributed by atoms with Gasteiger partial charge in [0.2, 0.25) is 5.91 Å². The van der Waals surface area contributed by atoms with Crippen molar-refractivity contribution in [1.82, 2.24) is 4.90 Å². The number of alkyl halides is 3. The second kappa shape index (κ2) is 8.98. The van der Waals surface area contributed by atoms with Gasteiger partial charge < -0.3 is 15.5 Å². The van der Waals surface area contributed by atoms with Crippen LogP contribution in [0.3, 0.4) is 0 Å². The molecule has 2 aromatic carbocycles. The third kappa shape index (κ3) is 5.56. The van der Waals surface area contributed by atoms with Crippen molar-refractivity contribution in [2.24, 2.45) is 0 Å². The Morgan fingerprint density at radius 1 is 1.19 bits per heavy atom. The Hall–Kier alpha value is -3.05. The number of thiocarbonyl (C=S) groups is 1. The van der Waals surface area contributed by atoms with Crippen molar-refractivity contribution in [3.63, 3.8) is 0 Å². The predicted molar refractivity (Wildman–Crippen MR) is 114 cm³/mol. The zero-order valence-electron chi connectivity index (χ0n) is 15.6. The van der Waals surface area contributed by atoms with Crippen LogP contribution in [0.2, 0.25) is 0 Å². The third-order valence-corrected chi connectivity index (χ3v) is 5.59. The number of phenols is 2. The summed E-state index contributed by atoms with van der Waals surface area (Å²) in [5.74, 6) is -1.39. The summed E-state index contributed by atoms with van der Waals surface area (Å²) in [6, 6.07) is 8.15. The normalized spacial score (nSPS) is 15.6. The molecule has 1 fully saturated rings. The summed E-state index contributed by atoms with van der Waals surface area (Å²) >= 11 is 6.16. The number of aromatic hydroxyl groups is 2. The maximum Gasteiger partial charge on any atom is 0.416 e. The molecule has 162 valence electrons. The van der Waals surface area contributed by atoms with E-state index in [9.17, 15) is 33.0 Å². The van der Waals surface area contributed by atoms with E-state index in [1.165, 1.54) is 35.2 Å². The van der Waals surface area contributed by atoms with Gasteiger partial charge in [0.05, 0.1) is 10.5 Å². The van der Waals surface area contributed by atoms with Crippen LogP contribution in [0.15, 0.2) is 47.4 Å². The zero-order chi connectivity index (χ0) is 22.8. The van der Waals surface area contributed by atoms with Gasteiger partial charge in [-0.25, -0.2) is 0 Å². The summed E-state index contributed by atoms with van der Waals surface area (Å²) in [5, 5.41) is 21.6. The first-order chi connectivity index (χ1) is 14.5. The summed E-state index contributed by atoms with van der Waals surface area (Å²) in [6.07, 6.45) is -3.29. The van der Waals surface area contributed by atoms with E-state index in [1.54, 1.807) is 0 Å². The number of carbonyl (C=O) groups is 2. The molecule has 2 amide bonds. The van der Waals surface area contributed by atoms with E-state index in [0.29, 0.717) is 5.56 Å². The SMILES string of the molecule is O=C(CCN1C(=O)/C(=C/c2ccc(O)cc2O)SC1=S)Nc1cccc(C(F)(F)F)c1. The minimum atomic E-state index is -4.53. The number of amides is 2. The van der Waals surface area contributed by atoms with Gasteiger partial charge in [0.15, 0.2) is 0 Å². The average Bonchev–Trinajstić information content (AvgIpc) is 2.95. The molecule has 0 bridgehead atoms. The molecule has 1 aliphatic rings. The van der Waals surface area contributed by atoms with Crippen molar-refractivity contribution >= 4 is 51.9 Å². The van der Waals surface area contributed by atoms with Crippen molar-refractivity contribution in [2.45, 2.75) is 12.6 Å². The van der Waals surface area contributed by atoms with Crippen LogP contribution in [0, 0.1) is 0 Å². The van der Waals surface area contributed by atoms with Crippen LogP contribution in [-0.2, 0) is 15.8 Å². The number of rotatable bonds is 5. The molecule has 0 spiro atoms. The number of nitrogens with one attached hydrogen (secondary N) is 1. The molecule has 0 radical (unpaired) electrons. The summed E-state index contributed by atoms with van der Waals surface area (Å²) in [7, 11) is 0. The molecule has 0 saturated carbocycles. The lowest BCUT2D eigenvalue weighted by Crippen LogP contribution is -2.31. The van der Waals surface area contributed by atoms with Gasteiger partial charge in [0.1, 0.15) is 15.8 Å². The highest BCUT2D eigenvalue weighted by atomic mass is 32.2. The first kappa shape index (κ1) is 22.6. The zero-order valence-corrected chi connectivity index (χ0v) is 17.3. The van der Waals surface area contributed by atoms with Crippen molar-refractivity contribution < 1.29 is 33.0 Å². The van der Waals surface area contributed by atoms with E-state index in [-0.39, 0.29) is 39.4 Å². The number of phenolic OH excluding ortho intramolecular Hbond substituents is 2. The van der Waals surface area contributed by atoms with Crippen molar-refractivity contribution in [3.8, 4) is 11.5 Å². The quantitative estimate of drug-likeness (QED) is 0.447. The predicted octanol–water partition coefficient (Wildman–Crippen LogP) is 4.35. The fraction of sp³-hybridized carbons (Fsp3) is 0.150. The standard InChI is InChI=1S/C20H15F3N2O4S2/c21-20(22,23)12-2-1-3-13(9-12)24-17(28)6-7-25-18(29)16(31-19(25)30)8-11-4-5-14(26)10-15(11)27/h1-5,8-10,26-27H,6-7H2,(H,24,28)/b16-8-. The van der Waals surface area contributed by atoms with Crippen LogP contribution in [0.1, 0.15) is 17.5 Å². The number of hydrogen-bond acceptors (Lipinski definition) is 6. The van der Waals surface area contributed by atoms with E-state index < -0.39 is 23.6 Å². The molecule has 6 nitrogen and oxygen atoms in total. The molecular weight excluding hydrogens is 453 g/mol. The largest absolute Gasteiger partial charge is 0.508 e. The molecule has 1 aliphatic heterocycles. The van der Waals surface area contributed by atoms with Gasteiger partial charge in [-0.15, -0.1) is 0 Å². The highest BCUT2D eigenvalue weighted by molar-refractivity contribution is 8.26. The number of anilines is 1. The van der Waals surface area contributed by atoms with E-state index >= 15 is 0 Å². The topological polar surface area (TPSA) is 89.9 Å². The van der Waals surface area contributed by atoms with Gasteiger partial charge >= 0.3 is 6.18 Å². The number of benzene rings is 2. The molecular formula is C20H15F3N2O4S2. The van der Waals surface area contributed by atoms with Crippen molar-refractivity contribution in [2.75, 3.05) is 11.9 Å². The fourth-order valence-electron chi connectivity index (χ4n) is 2.70. The number of nitrogens with zero attached hydrogens (tertiary/aromatic N) is 1. The summed E-state index contributed by atoms with van der Waals surface area (Å²) in [4.78, 5) is 26.2. The molecule has 31 heavy (non-hydrogen) atoms. The molecule has 0 unspecified atom stereocenters. The lowest BCUT2D eigenvalue weighted by atomic mass is 10.1. The Morgan fingerprint density at radius 3 is 2.61 bits per heavy atom. The van der Waals surface area contributed by atoms with Crippen molar-refractivity contribution in [1.29, 1.82) is 0 Å². The Morgan fingerprint density at radius 2 is 1.94 bits per heavy atom. The molecule has 0 aliphatic carbocycles. The average molecular weight is 468 g/mol. The van der Waals surface area contributed by atoms with Crippen molar-refractivity contribution in [3.05, 3.63) is 58.5 Å². The highest BCUT2D eigenvalue weighted by Gasteiger charge is 2.33. The van der Waals surface area contributed by atoms with Crippen LogP contribution < -0.4 is 5.32 Å². The van der Waals surface area contributed by atoms with Gasteiger partial charge in [-0.1, -0.05) is 30.0 Å². The smallest absolute Gasteiger partial charge is 0.416 e. The Balaban J connectivity index is 1.63. The second-order valence-corrected chi connectivity index (χ2v) is 8.13. The molecule has 3 rings (SSSR count). The Labute approximate surface area is 184 Å². The van der Waals surface area contributed by atoms with Gasteiger partial charge in [-0.2, -0.15) is 13.2 Å². The minimum Gasteiger partial charge on any atom is -0.508 e. The van der Waals surface area contributed by atoms with Gasteiger partial charge in [-0.05, 0) is 36.4 Å². The monoisotopic (exact) mass is 468 g/mol. The Bertz CT molecular complexity index is 1090. The maximum atomic E-state index is 12.8. The van der Waals surface area contributed by atoms with E-state index in [2.05, 4.69) is 5.32 Å². The number of thioether (sulfide) groups is 1. The number of hydrogen-bond donors (Lipinski definition) is 3. The summed E-state index contributed by atoms with van der Waals surface area (Å²) in [5.41, 5.74) is -0.585. The van der Waals surface area contributed by atoms with Gasteiger partial charge in [0, 0.05) is 30.3 Å². The maximum absolute atomic E-state index is 12.8. The van der Waals surface area contributed by atoms with Crippen LogP contribution in [0.4, 0.5) is 18.9 Å². The molecule has 1 heterocycles. The fourth-order valence-corrected chi connectivity index (χ4v) is 4.00. The highest BCUT2D eigenvalue weighted by Crippen LogP contribution is 2.35. The second-order valence-electron chi connectivity index (χ2n) is 6.45. The first-order valence-corrected chi connectivity index (χ1v) is 10.0. The molecule has 2 aromatic rings. The summed E-state index contributed by atoms with van der Waals surface area (Å²) in [6.45, 7) is -0.0611. The number of carbonyl (C=O) groups excluding carboxylic acids is 2. The van der Waals surface area contributed by atoms with E-state index in [1.807, 2.05) is 0 Å². The van der Waals surface area contributed by atoms with E-state index in [0.717, 1.165) is 30.0 Å². The van der Waals surface area contributed by atoms with Crippen LogP contribution in [0.25, 0.3) is 6.08 Å². The molecule has 3 N–H and O–H groups in total. The molecule has 0 aromatic heterocycles. The lowest BCUT2D eigenvalue weighted by molar-refractivity contribution is -0.137. The third-order valence-electron chi connectivity index (χ3n) is 4.21. The van der Waals surface area contributed by atoms with Crippen LogP contribution in [0.5, 0.6) is 11.5 Å². The molecule has 11 heteroatoms. The van der Waals surface area contributed by atoms with Crippen LogP contribution >= 0.6 is 24.0 Å². The lowest BCUT2D eigenvalue weighted by Gasteiger charge is -2.14. The van der Waals surface area contributed by atoms with Crippen LogP contribution in [-0.4, -0.2) is 37.8 Å². The van der Waals surface area contributed by atoms with Gasteiger partial charge in [0.25, 0.3) is 5.91 Å². The first-order valence-electron chi connectivity index (χ1n) is 8.79. The summed E-state index contributed by atoms with van der Waals surface area (Å²) < 4.78 is 38.5. The Kier molecular flexibility index (Phi) is 6.56. The van der Waals surface area contributed by atoms with Gasteiger partial charge in [-0.3, -0.25) is 14.5 Å². The molecule has 1 saturated heterocycles.